The molecule has 4 heteroatoms. The Hall–Kier alpha value is -0.940. The predicted molar refractivity (Wildman–Crippen MR) is 79.9 cm³/mol. The van der Waals surface area contributed by atoms with Crippen LogP contribution in [0.5, 0.6) is 0 Å². The molecule has 0 amide bonds. The molecule has 0 radical (unpaired) electrons. The van der Waals surface area contributed by atoms with E-state index in [4.69, 9.17) is 5.73 Å². The number of nitrogens with zero attached hydrogens (tertiary/aromatic N) is 2. The fourth-order valence-electron chi connectivity index (χ4n) is 2.77. The Bertz CT molecular complexity index is 390. The lowest BCUT2D eigenvalue weighted by atomic mass is 9.96. The number of hydrogen-bond acceptors (Lipinski definition) is 4. The van der Waals surface area contributed by atoms with Crippen molar-refractivity contribution in [1.29, 1.82) is 0 Å². The molecular weight excluding hydrogens is 236 g/mol. The van der Waals surface area contributed by atoms with Crippen molar-refractivity contribution in [2.45, 2.75) is 19.9 Å². The summed E-state index contributed by atoms with van der Waals surface area (Å²) in [6.07, 6.45) is 0. The first-order chi connectivity index (χ1) is 9.11. The molecule has 1 aliphatic rings. The number of nitrogens with one attached hydrogen (secondary N) is 1. The van der Waals surface area contributed by atoms with Crippen molar-refractivity contribution in [2.24, 2.45) is 5.73 Å². The Kier molecular flexibility index (Phi) is 4.93. The predicted octanol–water partition coefficient (Wildman–Crippen LogP) is 1.06. The van der Waals surface area contributed by atoms with Crippen molar-refractivity contribution in [3.63, 3.8) is 0 Å². The first-order valence-corrected chi connectivity index (χ1v) is 7.07. The normalized spacial score (nSPS) is 19.6. The molecule has 1 aromatic carbocycles. The van der Waals surface area contributed by atoms with Crippen LogP contribution in [0.1, 0.15) is 22.7 Å². The van der Waals surface area contributed by atoms with Crippen LogP contribution in [0.2, 0.25) is 0 Å². The Morgan fingerprint density at radius 3 is 2.26 bits per heavy atom. The van der Waals surface area contributed by atoms with E-state index in [0.29, 0.717) is 6.54 Å². The van der Waals surface area contributed by atoms with Gasteiger partial charge < -0.3 is 10.6 Å². The second-order valence-corrected chi connectivity index (χ2v) is 5.51. The van der Waals surface area contributed by atoms with Gasteiger partial charge in [-0.05, 0) is 37.6 Å². The molecule has 1 aromatic rings. The molecule has 1 atom stereocenters. The van der Waals surface area contributed by atoms with E-state index in [9.17, 15) is 0 Å². The minimum atomic E-state index is 0.213. The molecule has 1 unspecified atom stereocenters. The zero-order valence-electron chi connectivity index (χ0n) is 12.3. The quantitative estimate of drug-likeness (QED) is 0.851. The van der Waals surface area contributed by atoms with Crippen molar-refractivity contribution in [2.75, 3.05) is 39.8 Å². The highest BCUT2D eigenvalue weighted by molar-refractivity contribution is 5.36. The van der Waals surface area contributed by atoms with Gasteiger partial charge in [0.1, 0.15) is 0 Å². The van der Waals surface area contributed by atoms with Crippen LogP contribution in [0.4, 0.5) is 0 Å². The summed E-state index contributed by atoms with van der Waals surface area (Å²) < 4.78 is 0. The molecule has 1 heterocycles. The number of likely N-dealkylation sites (N-methyl/N-ethyl adjacent to an activating group) is 1. The summed E-state index contributed by atoms with van der Waals surface area (Å²) in [6.45, 7) is 9.27. The number of benzene rings is 1. The van der Waals surface area contributed by atoms with Gasteiger partial charge in [-0.15, -0.1) is 0 Å². The van der Waals surface area contributed by atoms with E-state index >= 15 is 0 Å². The maximum atomic E-state index is 5.99. The fraction of sp³-hybridized carbons (Fsp3) is 0.600. The lowest BCUT2D eigenvalue weighted by Crippen LogP contribution is -2.52. The van der Waals surface area contributed by atoms with Gasteiger partial charge in [0.25, 0.3) is 0 Å². The standard InChI is InChI=1S/C15H26N4/c1-12-5-4-6-13(2)15(12)14(11-16)17-19-9-7-18(3)8-10-19/h4-6,14,17H,7-11,16H2,1-3H3. The van der Waals surface area contributed by atoms with Crippen LogP contribution >= 0.6 is 0 Å². The molecule has 1 fully saturated rings. The van der Waals surface area contributed by atoms with E-state index in [2.05, 4.69) is 54.4 Å². The SMILES string of the molecule is Cc1cccc(C)c1C(CN)NN1CCN(C)CC1. The Labute approximate surface area is 116 Å². The van der Waals surface area contributed by atoms with Gasteiger partial charge in [-0.3, -0.25) is 0 Å². The van der Waals surface area contributed by atoms with Gasteiger partial charge in [-0.25, -0.2) is 10.4 Å². The Morgan fingerprint density at radius 1 is 1.16 bits per heavy atom. The van der Waals surface area contributed by atoms with E-state index in [1.807, 2.05) is 0 Å². The molecule has 0 spiro atoms. The molecule has 19 heavy (non-hydrogen) atoms. The lowest BCUT2D eigenvalue weighted by Gasteiger charge is -2.36. The number of rotatable bonds is 4. The Morgan fingerprint density at radius 2 is 1.74 bits per heavy atom. The van der Waals surface area contributed by atoms with Gasteiger partial charge >= 0.3 is 0 Å². The van der Waals surface area contributed by atoms with Crippen molar-refractivity contribution >= 4 is 0 Å². The fourth-order valence-corrected chi connectivity index (χ4v) is 2.77. The average Bonchev–Trinajstić information content (AvgIpc) is 2.39. The average molecular weight is 262 g/mol. The molecule has 0 aliphatic carbocycles. The van der Waals surface area contributed by atoms with Crippen LogP contribution in [0.15, 0.2) is 18.2 Å². The second kappa shape index (κ2) is 6.48. The summed E-state index contributed by atoms with van der Waals surface area (Å²) >= 11 is 0. The smallest absolute Gasteiger partial charge is 0.0592 e. The third-order valence-electron chi connectivity index (χ3n) is 3.97. The number of nitrogens with two attached hydrogens (primary N) is 1. The summed E-state index contributed by atoms with van der Waals surface area (Å²) in [5.41, 5.74) is 13.6. The van der Waals surface area contributed by atoms with Gasteiger partial charge in [-0.2, -0.15) is 0 Å². The van der Waals surface area contributed by atoms with Crippen molar-refractivity contribution in [1.82, 2.24) is 15.3 Å². The molecule has 0 aromatic heterocycles. The second-order valence-electron chi connectivity index (χ2n) is 5.51. The van der Waals surface area contributed by atoms with Crippen LogP contribution in [0, 0.1) is 13.8 Å². The molecule has 2 rings (SSSR count). The van der Waals surface area contributed by atoms with Crippen molar-refractivity contribution < 1.29 is 0 Å². The van der Waals surface area contributed by atoms with Gasteiger partial charge in [0.2, 0.25) is 0 Å². The van der Waals surface area contributed by atoms with Crippen LogP contribution < -0.4 is 11.2 Å². The topological polar surface area (TPSA) is 44.5 Å². The summed E-state index contributed by atoms with van der Waals surface area (Å²) in [5, 5.41) is 2.31. The van der Waals surface area contributed by atoms with E-state index in [0.717, 1.165) is 26.2 Å². The highest BCUT2D eigenvalue weighted by Gasteiger charge is 2.20. The highest BCUT2D eigenvalue weighted by atomic mass is 15.5. The van der Waals surface area contributed by atoms with E-state index in [1.165, 1.54) is 16.7 Å². The summed E-state index contributed by atoms with van der Waals surface area (Å²) in [5.74, 6) is 0. The van der Waals surface area contributed by atoms with E-state index in [-0.39, 0.29) is 6.04 Å². The van der Waals surface area contributed by atoms with Crippen LogP contribution in [0.25, 0.3) is 0 Å². The molecule has 0 saturated carbocycles. The zero-order valence-corrected chi connectivity index (χ0v) is 12.3. The van der Waals surface area contributed by atoms with Crippen LogP contribution in [0.3, 0.4) is 0 Å². The molecule has 3 N–H and O–H groups in total. The molecule has 4 nitrogen and oxygen atoms in total. The number of piperazine rings is 1. The Balaban J connectivity index is 2.08. The zero-order chi connectivity index (χ0) is 13.8. The molecule has 0 bridgehead atoms. The number of hydrogen-bond donors (Lipinski definition) is 2. The van der Waals surface area contributed by atoms with E-state index in [1.54, 1.807) is 0 Å². The lowest BCUT2D eigenvalue weighted by molar-refractivity contribution is 0.0878. The van der Waals surface area contributed by atoms with E-state index < -0.39 is 0 Å². The molecule has 1 saturated heterocycles. The maximum absolute atomic E-state index is 5.99. The number of hydrazine groups is 1. The van der Waals surface area contributed by atoms with Gasteiger partial charge in [0.15, 0.2) is 0 Å². The largest absolute Gasteiger partial charge is 0.329 e. The van der Waals surface area contributed by atoms with Gasteiger partial charge in [0.05, 0.1) is 6.04 Å². The number of aryl methyl sites for hydroxylation is 2. The van der Waals surface area contributed by atoms with Crippen LogP contribution in [-0.4, -0.2) is 49.7 Å². The van der Waals surface area contributed by atoms with Crippen molar-refractivity contribution in [3.05, 3.63) is 34.9 Å². The first-order valence-electron chi connectivity index (χ1n) is 7.07. The monoisotopic (exact) mass is 262 g/mol. The highest BCUT2D eigenvalue weighted by Crippen LogP contribution is 2.21. The third-order valence-corrected chi connectivity index (χ3v) is 3.97. The minimum Gasteiger partial charge on any atom is -0.329 e. The molecular formula is C15H26N4. The molecule has 106 valence electrons. The first kappa shape index (κ1) is 14.5. The van der Waals surface area contributed by atoms with Crippen molar-refractivity contribution in [3.8, 4) is 0 Å². The van der Waals surface area contributed by atoms with Gasteiger partial charge in [-0.1, -0.05) is 18.2 Å². The maximum Gasteiger partial charge on any atom is 0.0592 e. The molecule has 1 aliphatic heterocycles. The van der Waals surface area contributed by atoms with Gasteiger partial charge in [0, 0.05) is 32.7 Å². The van der Waals surface area contributed by atoms with Crippen LogP contribution in [-0.2, 0) is 0 Å². The summed E-state index contributed by atoms with van der Waals surface area (Å²) in [7, 11) is 2.17. The summed E-state index contributed by atoms with van der Waals surface area (Å²) in [4.78, 5) is 2.36. The minimum absolute atomic E-state index is 0.213. The third kappa shape index (κ3) is 3.54. The summed E-state index contributed by atoms with van der Waals surface area (Å²) in [6, 6.07) is 6.65.